The largest absolute Gasteiger partial charge is 0.456 e. The van der Waals surface area contributed by atoms with Crippen LogP contribution in [0.5, 0.6) is 0 Å². The van der Waals surface area contributed by atoms with Gasteiger partial charge in [0.2, 0.25) is 8.32 Å². The highest BCUT2D eigenvalue weighted by molar-refractivity contribution is 6.99. The SMILES string of the molecule is C/C=C\CC[C@@H]1O[C@@H]2C[C@@H]3O[C@H](CO[Si](C)(C)C(C)(C)C)[C@@](C)(O[Si](C)(C)C(C)(C)C)C=C[C@H]3O[C@@]2(C)C[C@@]1(C)OC(=O)C[C@H]1O[C@H]2C[C@H]3O[C@@H](CCCO[Si](c4ccccc4)(c4ccccc4)C(C)(C)C)C[C@H](O[Si](C(C)C)(C(C)C)C(C)C)[C@]3(C)O[C@]2(C)C[C@@H]1O[Si](CC)(CC)CC. The average Bonchev–Trinajstić information content (AvgIpc) is 0.749. The van der Waals surface area contributed by atoms with Gasteiger partial charge in [0.05, 0.1) is 79.2 Å². The summed E-state index contributed by atoms with van der Waals surface area (Å²) >= 11 is 0. The van der Waals surface area contributed by atoms with Crippen molar-refractivity contribution in [3.63, 3.8) is 0 Å². The van der Waals surface area contributed by atoms with Gasteiger partial charge >= 0.3 is 5.97 Å². The first-order chi connectivity index (χ1) is 46.3. The average molecular weight is 1480 g/mol. The van der Waals surface area contributed by atoms with Crippen molar-refractivity contribution >= 4 is 57.9 Å². The summed E-state index contributed by atoms with van der Waals surface area (Å²) in [7, 11) is -12.1. The summed E-state index contributed by atoms with van der Waals surface area (Å²) in [5, 5.41) is 2.41. The summed E-state index contributed by atoms with van der Waals surface area (Å²) in [5.41, 5.74) is -3.14. The molecule has 18 heteroatoms. The van der Waals surface area contributed by atoms with Crippen molar-refractivity contribution in [2.24, 2.45) is 0 Å². The molecule has 0 aromatic heterocycles. The topological polar surface area (TPSA) is 128 Å². The summed E-state index contributed by atoms with van der Waals surface area (Å²) in [5.74, 6) is -0.334. The number of fused-ring (bicyclic) bond motifs is 4. The fraction of sp³-hybridized carbons (Fsp3) is 0.793. The van der Waals surface area contributed by atoms with Gasteiger partial charge in [0.1, 0.15) is 29.0 Å². The van der Waals surface area contributed by atoms with Gasteiger partial charge in [-0.25, -0.2) is 0 Å². The number of ether oxygens (including phenoxy) is 7. The fourth-order valence-electron chi connectivity index (χ4n) is 18.1. The molecule has 6 aliphatic heterocycles. The summed E-state index contributed by atoms with van der Waals surface area (Å²) in [6.45, 7) is 65.0. The number of carbonyl (C=O) groups is 1. The molecule has 13 nitrogen and oxygen atoms in total. The molecule has 0 radical (unpaired) electrons. The predicted octanol–water partition coefficient (Wildman–Crippen LogP) is 19.4. The molecule has 0 spiro atoms. The van der Waals surface area contributed by atoms with E-state index >= 15 is 4.79 Å². The van der Waals surface area contributed by atoms with Gasteiger partial charge < -0.3 is 55.3 Å². The van der Waals surface area contributed by atoms with Crippen LogP contribution in [0.2, 0.25) is 76.1 Å². The maximum Gasteiger partial charge on any atom is 0.309 e. The van der Waals surface area contributed by atoms with Crippen molar-refractivity contribution in [3.8, 4) is 0 Å². The van der Waals surface area contributed by atoms with Crippen molar-refractivity contribution in [2.45, 2.75) is 402 Å². The molecular weight excluding hydrogens is 1330 g/mol. The van der Waals surface area contributed by atoms with Crippen molar-refractivity contribution in [2.75, 3.05) is 13.2 Å². The van der Waals surface area contributed by atoms with Gasteiger partial charge in [-0.2, -0.15) is 0 Å². The normalized spacial score (nSPS) is 33.5. The Kier molecular flexibility index (Phi) is 26.5. The van der Waals surface area contributed by atoms with Crippen LogP contribution in [0.15, 0.2) is 85.0 Å². The molecule has 6 aliphatic rings. The minimum Gasteiger partial charge on any atom is -0.456 e. The maximum atomic E-state index is 15.5. The fourth-order valence-corrected chi connectivity index (χ4v) is 33.9. The summed E-state index contributed by atoms with van der Waals surface area (Å²) in [6.07, 6.45) is 10.6. The second-order valence-electron chi connectivity index (χ2n) is 37.4. The number of allylic oxidation sites excluding steroid dienone is 2. The van der Waals surface area contributed by atoms with E-state index in [-0.39, 0.29) is 58.0 Å². The zero-order chi connectivity index (χ0) is 74.3. The van der Waals surface area contributed by atoms with Crippen LogP contribution in [0.1, 0.15) is 230 Å². The summed E-state index contributed by atoms with van der Waals surface area (Å²) < 4.78 is 89.9. The molecule has 0 saturated carbocycles. The Hall–Kier alpha value is -1.97. The van der Waals surface area contributed by atoms with Gasteiger partial charge in [-0.05, 0) is 154 Å². The highest BCUT2D eigenvalue weighted by Crippen LogP contribution is 2.56. The minimum absolute atomic E-state index is 0.0111. The summed E-state index contributed by atoms with van der Waals surface area (Å²) in [6, 6.07) is 24.7. The van der Waals surface area contributed by atoms with Crippen molar-refractivity contribution in [1.82, 2.24) is 0 Å². The smallest absolute Gasteiger partial charge is 0.309 e. The molecule has 0 aliphatic carbocycles. The number of benzene rings is 2. The molecule has 2 aromatic rings. The van der Waals surface area contributed by atoms with E-state index in [2.05, 4.69) is 270 Å². The minimum atomic E-state index is -2.77. The zero-order valence-corrected chi connectivity index (χ0v) is 73.1. The van der Waals surface area contributed by atoms with Gasteiger partial charge in [0.25, 0.3) is 8.32 Å². The molecule has 6 heterocycles. The second kappa shape index (κ2) is 31.7. The first-order valence-corrected chi connectivity index (χ1v) is 51.7. The first-order valence-electron chi connectivity index (χ1n) is 39.3. The van der Waals surface area contributed by atoms with Crippen LogP contribution in [0.25, 0.3) is 0 Å². The third kappa shape index (κ3) is 17.3. The van der Waals surface area contributed by atoms with Crippen molar-refractivity contribution in [3.05, 3.63) is 85.0 Å². The molecule has 0 bridgehead atoms. The van der Waals surface area contributed by atoms with E-state index in [1.807, 2.05) is 6.92 Å². The molecule has 568 valence electrons. The molecule has 5 fully saturated rings. The Morgan fingerprint density at radius 3 is 1.75 bits per heavy atom. The van der Waals surface area contributed by atoms with E-state index in [1.54, 1.807) is 0 Å². The standard InChI is InChI=1S/C82H142O13Si5/c1-29-33-36-47-68-80(22,57-81(23)69(89-68)52-65-64(90-81)48-49-78(20,95-97(27,28)76(14,15)16)73(88-65)56-85-96(25,26)75(11,12)13)91-74(83)53-66-67(92-98(30-2,31-3)32-4)55-79(21)70(87-66)54-71-82(24,94-79)72(93-99(58(5)6,59(7)8)60(9)10)51-61(86-71)42-41-50-84-100(77(17,18)19,62-43-37-34-38-44-62)63-45-39-35-40-46-63/h29,33-35,37-40,43-46,48-49,58-61,64-73H,30-32,36,41-42,47,50-57H2,1-28H3/b33-29-/t61-,64+,65-,66+,67-,68-,69+,70-,71+,72-,73+,78-,79+,80+,81-,82+/m0/s1. The molecule has 16 atom stereocenters. The highest BCUT2D eigenvalue weighted by atomic mass is 28.4. The number of carbonyl (C=O) groups excluding carboxylic acids is 1. The van der Waals surface area contributed by atoms with Crippen molar-refractivity contribution in [1.29, 1.82) is 0 Å². The second-order valence-corrected chi connectivity index (χ2v) is 61.3. The molecule has 5 saturated heterocycles. The lowest BCUT2D eigenvalue weighted by Crippen LogP contribution is -2.73. The quantitative estimate of drug-likeness (QED) is 0.0347. The van der Waals surface area contributed by atoms with Crippen LogP contribution in [0.3, 0.4) is 0 Å². The van der Waals surface area contributed by atoms with Gasteiger partial charge in [0, 0.05) is 38.7 Å². The Labute approximate surface area is 614 Å². The van der Waals surface area contributed by atoms with Gasteiger partial charge in [-0.3, -0.25) is 4.79 Å². The van der Waals surface area contributed by atoms with Crippen LogP contribution in [0.4, 0.5) is 0 Å². The van der Waals surface area contributed by atoms with E-state index in [0.29, 0.717) is 61.9 Å². The molecule has 2 aromatic carbocycles. The van der Waals surface area contributed by atoms with E-state index in [9.17, 15) is 0 Å². The lowest BCUT2D eigenvalue weighted by molar-refractivity contribution is -0.353. The lowest BCUT2D eigenvalue weighted by Gasteiger charge is -2.62. The third-order valence-electron chi connectivity index (χ3n) is 26.3. The number of hydrogen-bond donors (Lipinski definition) is 0. The molecule has 0 N–H and O–H groups in total. The molecular formula is C82H142O13Si5. The van der Waals surface area contributed by atoms with Crippen molar-refractivity contribution < 1.29 is 60.1 Å². The number of esters is 1. The maximum absolute atomic E-state index is 15.5. The zero-order valence-electron chi connectivity index (χ0n) is 68.1. The van der Waals surface area contributed by atoms with Gasteiger partial charge in [0.15, 0.2) is 25.0 Å². The molecule has 8 rings (SSSR count). The number of rotatable bonds is 28. The van der Waals surface area contributed by atoms with Crippen LogP contribution in [0, 0.1) is 0 Å². The molecule has 100 heavy (non-hydrogen) atoms. The number of hydrogen-bond acceptors (Lipinski definition) is 13. The third-order valence-corrected chi connectivity index (χ3v) is 51.1. The lowest BCUT2D eigenvalue weighted by atomic mass is 9.73. The Bertz CT molecular complexity index is 2960. The van der Waals surface area contributed by atoms with Crippen LogP contribution < -0.4 is 10.4 Å². The monoisotopic (exact) mass is 1470 g/mol. The van der Waals surface area contributed by atoms with Crippen LogP contribution in [-0.2, 0) is 60.1 Å². The van der Waals surface area contributed by atoms with E-state index in [4.69, 9.17) is 55.3 Å². The molecule has 0 amide bonds. The van der Waals surface area contributed by atoms with Crippen LogP contribution >= 0.6 is 0 Å². The highest BCUT2D eigenvalue weighted by Gasteiger charge is 2.66. The van der Waals surface area contributed by atoms with Crippen LogP contribution in [-0.4, -0.2) is 156 Å². The van der Waals surface area contributed by atoms with Gasteiger partial charge in [-0.15, -0.1) is 0 Å². The Balaban J connectivity index is 1.08. The molecule has 0 unspecified atom stereocenters. The van der Waals surface area contributed by atoms with E-state index in [0.717, 1.165) is 43.8 Å². The van der Waals surface area contributed by atoms with E-state index < -0.39 is 106 Å². The Morgan fingerprint density at radius 1 is 0.650 bits per heavy atom. The van der Waals surface area contributed by atoms with Gasteiger partial charge in [-0.1, -0.05) is 210 Å². The van der Waals surface area contributed by atoms with E-state index in [1.165, 1.54) is 10.4 Å². The Morgan fingerprint density at radius 2 is 1.22 bits per heavy atom. The first kappa shape index (κ1) is 83.7. The summed E-state index contributed by atoms with van der Waals surface area (Å²) in [4.78, 5) is 15.5. The predicted molar refractivity (Wildman–Crippen MR) is 422 cm³/mol.